The van der Waals surface area contributed by atoms with Crippen LogP contribution in [0.25, 0.3) is 10.4 Å². The summed E-state index contributed by atoms with van der Waals surface area (Å²) in [6, 6.07) is 3.60. The van der Waals surface area contributed by atoms with E-state index in [9.17, 15) is 13.2 Å². The average Bonchev–Trinajstić information content (AvgIpc) is 2.12. The minimum atomic E-state index is -4.36. The fourth-order valence-electron chi connectivity index (χ4n) is 1.23. The first-order valence-electron chi connectivity index (χ1n) is 4.12. The molecule has 15 heavy (non-hydrogen) atoms. The minimum Gasteiger partial charge on any atom is -0.166 e. The smallest absolute Gasteiger partial charge is 0.166 e. The summed E-state index contributed by atoms with van der Waals surface area (Å²) in [6.07, 6.45) is -4.36. The number of hydrogen-bond donors (Lipinski definition) is 0. The molecule has 0 fully saturated rings. The highest BCUT2D eigenvalue weighted by Crippen LogP contribution is 2.30. The third kappa shape index (κ3) is 3.18. The Morgan fingerprint density at radius 1 is 1.33 bits per heavy atom. The van der Waals surface area contributed by atoms with Gasteiger partial charge in [-0.25, -0.2) is 0 Å². The lowest BCUT2D eigenvalue weighted by Gasteiger charge is -2.09. The fourth-order valence-corrected chi connectivity index (χ4v) is 1.23. The van der Waals surface area contributed by atoms with Crippen LogP contribution in [-0.2, 0) is 12.7 Å². The summed E-state index contributed by atoms with van der Waals surface area (Å²) in [4.78, 5) is 2.50. The van der Waals surface area contributed by atoms with Gasteiger partial charge in [-0.1, -0.05) is 16.7 Å². The summed E-state index contributed by atoms with van der Waals surface area (Å²) in [5.41, 5.74) is 8.20. The molecule has 0 bridgehead atoms. The second-order valence-corrected chi connectivity index (χ2v) is 3.09. The van der Waals surface area contributed by atoms with Gasteiger partial charge in [0.25, 0.3) is 0 Å². The molecule has 0 aliphatic heterocycles. The lowest BCUT2D eigenvalue weighted by molar-refractivity contribution is -0.137. The predicted molar refractivity (Wildman–Crippen MR) is 49.0 cm³/mol. The van der Waals surface area contributed by atoms with E-state index in [1.165, 1.54) is 0 Å². The van der Waals surface area contributed by atoms with Crippen molar-refractivity contribution in [2.45, 2.75) is 19.6 Å². The zero-order chi connectivity index (χ0) is 11.5. The van der Waals surface area contributed by atoms with Crippen LogP contribution >= 0.6 is 0 Å². The maximum absolute atomic E-state index is 12.4. The van der Waals surface area contributed by atoms with E-state index in [1.807, 2.05) is 0 Å². The van der Waals surface area contributed by atoms with Crippen LogP contribution in [0.5, 0.6) is 0 Å². The molecule has 80 valence electrons. The van der Waals surface area contributed by atoms with Crippen molar-refractivity contribution in [2.75, 3.05) is 0 Å². The van der Waals surface area contributed by atoms with Crippen molar-refractivity contribution in [3.05, 3.63) is 45.3 Å². The molecule has 0 spiro atoms. The van der Waals surface area contributed by atoms with Crippen molar-refractivity contribution in [2.24, 2.45) is 5.11 Å². The molecule has 0 aliphatic carbocycles. The monoisotopic (exact) mass is 215 g/mol. The zero-order valence-electron chi connectivity index (χ0n) is 7.91. The van der Waals surface area contributed by atoms with E-state index < -0.39 is 11.7 Å². The molecule has 0 saturated heterocycles. The van der Waals surface area contributed by atoms with Crippen LogP contribution in [0.1, 0.15) is 16.7 Å². The first-order chi connectivity index (χ1) is 6.93. The molecule has 1 aromatic carbocycles. The third-order valence-electron chi connectivity index (χ3n) is 1.78. The van der Waals surface area contributed by atoms with Gasteiger partial charge in [-0.15, -0.1) is 0 Å². The van der Waals surface area contributed by atoms with E-state index >= 15 is 0 Å². The molecule has 0 aliphatic rings. The average molecular weight is 215 g/mol. The first-order valence-corrected chi connectivity index (χ1v) is 4.12. The number of rotatable bonds is 2. The summed E-state index contributed by atoms with van der Waals surface area (Å²) in [5, 5.41) is 3.22. The van der Waals surface area contributed by atoms with E-state index in [1.54, 1.807) is 13.0 Å². The van der Waals surface area contributed by atoms with Crippen molar-refractivity contribution in [1.29, 1.82) is 0 Å². The van der Waals surface area contributed by atoms with Crippen LogP contribution in [0.3, 0.4) is 0 Å². The topological polar surface area (TPSA) is 48.8 Å². The number of benzene rings is 1. The predicted octanol–water partition coefficient (Wildman–Crippen LogP) is 3.82. The molecule has 1 aromatic rings. The Morgan fingerprint density at radius 3 is 2.53 bits per heavy atom. The van der Waals surface area contributed by atoms with Crippen molar-refractivity contribution in [1.82, 2.24) is 0 Å². The van der Waals surface area contributed by atoms with Gasteiger partial charge in [0.05, 0.1) is 12.1 Å². The molecular formula is C9H8F3N3. The number of nitrogens with zero attached hydrogens (tertiary/aromatic N) is 3. The molecule has 0 amide bonds. The normalized spacial score (nSPS) is 10.9. The van der Waals surface area contributed by atoms with Crippen LogP contribution in [0.4, 0.5) is 13.2 Å². The van der Waals surface area contributed by atoms with Gasteiger partial charge in [-0.2, -0.15) is 13.2 Å². The van der Waals surface area contributed by atoms with Crippen LogP contribution in [-0.4, -0.2) is 0 Å². The van der Waals surface area contributed by atoms with E-state index in [-0.39, 0.29) is 6.54 Å². The number of azide groups is 1. The highest BCUT2D eigenvalue weighted by atomic mass is 19.4. The van der Waals surface area contributed by atoms with Gasteiger partial charge in [-0.05, 0) is 30.2 Å². The molecule has 1 rings (SSSR count). The van der Waals surface area contributed by atoms with Crippen LogP contribution < -0.4 is 0 Å². The Hall–Kier alpha value is -1.68. The highest BCUT2D eigenvalue weighted by Gasteiger charge is 2.30. The maximum Gasteiger partial charge on any atom is 0.416 e. The van der Waals surface area contributed by atoms with Gasteiger partial charge in [0.1, 0.15) is 0 Å². The maximum atomic E-state index is 12.4. The minimum absolute atomic E-state index is 0.0682. The SMILES string of the molecule is Cc1cc(CN=[N+]=[N-])cc(C(F)(F)F)c1. The second kappa shape index (κ2) is 4.23. The largest absolute Gasteiger partial charge is 0.416 e. The molecule has 0 radical (unpaired) electrons. The van der Waals surface area contributed by atoms with E-state index in [0.717, 1.165) is 12.1 Å². The zero-order valence-corrected chi connectivity index (χ0v) is 7.91. The number of aryl methyl sites for hydroxylation is 1. The molecule has 0 aromatic heterocycles. The first kappa shape index (κ1) is 11.4. The summed E-state index contributed by atoms with van der Waals surface area (Å²) in [6.45, 7) is 1.50. The summed E-state index contributed by atoms with van der Waals surface area (Å²) >= 11 is 0. The summed E-state index contributed by atoms with van der Waals surface area (Å²) < 4.78 is 37.1. The summed E-state index contributed by atoms with van der Waals surface area (Å²) in [7, 11) is 0. The third-order valence-corrected chi connectivity index (χ3v) is 1.78. The molecule has 3 nitrogen and oxygen atoms in total. The molecule has 0 unspecified atom stereocenters. The van der Waals surface area contributed by atoms with Gasteiger partial charge in [0, 0.05) is 4.91 Å². The molecular weight excluding hydrogens is 207 g/mol. The highest BCUT2D eigenvalue weighted by molar-refractivity contribution is 5.31. The molecule has 0 heterocycles. The van der Waals surface area contributed by atoms with Gasteiger partial charge in [-0.3, -0.25) is 0 Å². The lowest BCUT2D eigenvalue weighted by Crippen LogP contribution is -2.05. The van der Waals surface area contributed by atoms with E-state index in [2.05, 4.69) is 10.0 Å². The second-order valence-electron chi connectivity index (χ2n) is 3.09. The number of hydrogen-bond acceptors (Lipinski definition) is 1. The Morgan fingerprint density at radius 2 is 2.00 bits per heavy atom. The number of halogens is 3. The van der Waals surface area contributed by atoms with Gasteiger partial charge >= 0.3 is 6.18 Å². The molecule has 0 saturated carbocycles. The van der Waals surface area contributed by atoms with Crippen LogP contribution in [0, 0.1) is 6.92 Å². The Bertz CT molecular complexity index is 406. The summed E-state index contributed by atoms with van der Waals surface area (Å²) in [5.74, 6) is 0. The fraction of sp³-hybridized carbons (Fsp3) is 0.333. The van der Waals surface area contributed by atoms with Crippen molar-refractivity contribution < 1.29 is 13.2 Å². The van der Waals surface area contributed by atoms with Gasteiger partial charge in [0.2, 0.25) is 0 Å². The van der Waals surface area contributed by atoms with E-state index in [0.29, 0.717) is 11.1 Å². The standard InChI is InChI=1S/C9H8F3N3/c1-6-2-7(5-14-15-13)4-8(3-6)9(10,11)12/h2-4H,5H2,1H3. The Balaban J connectivity index is 3.10. The number of alkyl halides is 3. The van der Waals surface area contributed by atoms with E-state index in [4.69, 9.17) is 5.53 Å². The Labute approximate surface area is 84.2 Å². The van der Waals surface area contributed by atoms with Crippen molar-refractivity contribution in [3.63, 3.8) is 0 Å². The lowest BCUT2D eigenvalue weighted by atomic mass is 10.1. The van der Waals surface area contributed by atoms with Crippen molar-refractivity contribution >= 4 is 0 Å². The molecule has 6 heteroatoms. The Kier molecular flexibility index (Phi) is 3.21. The van der Waals surface area contributed by atoms with Crippen LogP contribution in [0.15, 0.2) is 23.3 Å². The van der Waals surface area contributed by atoms with Gasteiger partial charge in [0.15, 0.2) is 0 Å². The molecule has 0 atom stereocenters. The van der Waals surface area contributed by atoms with Gasteiger partial charge < -0.3 is 0 Å². The quantitative estimate of drug-likeness (QED) is 0.409. The molecule has 0 N–H and O–H groups in total. The van der Waals surface area contributed by atoms with Crippen LogP contribution in [0.2, 0.25) is 0 Å². The van der Waals surface area contributed by atoms with Crippen molar-refractivity contribution in [3.8, 4) is 0 Å².